The zero-order chi connectivity index (χ0) is 30.7. The van der Waals surface area contributed by atoms with Gasteiger partial charge in [0, 0.05) is 27.3 Å². The Morgan fingerprint density at radius 2 is 0.913 bits per heavy atom. The zero-order valence-electron chi connectivity index (χ0n) is 24.7. The monoisotopic (exact) mass is 607 g/mol. The molecule has 216 valence electrons. The minimum absolute atomic E-state index is 0.279. The van der Waals surface area contributed by atoms with Gasteiger partial charge in [0.25, 0.3) is 0 Å². The molecule has 46 heavy (non-hydrogen) atoms. The van der Waals surface area contributed by atoms with Crippen LogP contribution in [0.5, 0.6) is 0 Å². The largest absolute Gasteiger partial charge is 0.305 e. The summed E-state index contributed by atoms with van der Waals surface area (Å²) in [5.74, 6) is 0.985. The van der Waals surface area contributed by atoms with Crippen LogP contribution in [0.4, 0.5) is 0 Å². The summed E-state index contributed by atoms with van der Waals surface area (Å²) in [6.45, 7) is 0. The van der Waals surface area contributed by atoms with Gasteiger partial charge in [0.05, 0.1) is 0 Å². The van der Waals surface area contributed by atoms with Gasteiger partial charge in [-0.3, -0.25) is 0 Å². The molecule has 1 aliphatic heterocycles. The van der Waals surface area contributed by atoms with Crippen molar-refractivity contribution >= 4 is 44.9 Å². The molecule has 2 heterocycles. The van der Waals surface area contributed by atoms with Crippen LogP contribution in [-0.2, 0) is 4.57 Å². The molecule has 1 aliphatic rings. The third-order valence-corrected chi connectivity index (χ3v) is 11.8. The molecule has 7 aromatic carbocycles. The summed E-state index contributed by atoms with van der Waals surface area (Å²) in [6.07, 6.45) is 0. The van der Waals surface area contributed by atoms with Crippen molar-refractivity contribution in [2.45, 2.75) is 0 Å². The summed E-state index contributed by atoms with van der Waals surface area (Å²) >= 11 is 0. The summed E-state index contributed by atoms with van der Waals surface area (Å²) in [5, 5.41) is 5.84. The fraction of sp³-hybridized carbons (Fsp3) is 0. The van der Waals surface area contributed by atoms with Gasteiger partial charge in [-0.15, -0.1) is 0 Å². The van der Waals surface area contributed by atoms with Gasteiger partial charge in [-0.2, -0.15) is 0 Å². The van der Waals surface area contributed by atoms with Crippen LogP contribution >= 0.6 is 7.14 Å². The molecule has 1 unspecified atom stereocenters. The molecule has 8 aromatic rings. The number of benzene rings is 7. The molecule has 0 saturated carbocycles. The lowest BCUT2D eigenvalue weighted by Crippen LogP contribution is -2.31. The smallest absolute Gasteiger partial charge is 0.208 e. The molecule has 0 spiro atoms. The van der Waals surface area contributed by atoms with E-state index in [1.807, 2.05) is 91.0 Å². The summed E-state index contributed by atoms with van der Waals surface area (Å²) in [4.78, 5) is 15.1. The van der Waals surface area contributed by atoms with Gasteiger partial charge in [-0.05, 0) is 44.3 Å². The summed E-state index contributed by atoms with van der Waals surface area (Å²) in [5.41, 5.74) is 5.97. The van der Waals surface area contributed by atoms with Gasteiger partial charge in [-0.25, -0.2) is 15.0 Å². The first-order valence-electron chi connectivity index (χ1n) is 15.3. The molecular formula is C41H26N3OP. The summed E-state index contributed by atoms with van der Waals surface area (Å²) in [6, 6.07) is 53.1. The van der Waals surface area contributed by atoms with E-state index in [0.29, 0.717) is 11.6 Å². The van der Waals surface area contributed by atoms with Gasteiger partial charge >= 0.3 is 0 Å². The first kappa shape index (κ1) is 26.7. The van der Waals surface area contributed by atoms with Crippen molar-refractivity contribution < 1.29 is 4.57 Å². The fourth-order valence-electron chi connectivity index (χ4n) is 6.81. The highest BCUT2D eigenvalue weighted by atomic mass is 31.2. The fourth-order valence-corrected chi connectivity index (χ4v) is 9.63. The second-order valence-electron chi connectivity index (χ2n) is 11.5. The van der Waals surface area contributed by atoms with Gasteiger partial charge < -0.3 is 4.57 Å². The van der Waals surface area contributed by atoms with E-state index in [9.17, 15) is 0 Å². The lowest BCUT2D eigenvalue weighted by molar-refractivity contribution is 0.591. The molecule has 0 N–H and O–H groups in total. The molecule has 0 amide bonds. The van der Waals surface area contributed by atoms with Crippen LogP contribution in [0, 0.1) is 0 Å². The molecule has 9 rings (SSSR count). The molecule has 1 aromatic heterocycles. The third kappa shape index (κ3) is 4.01. The molecule has 5 heteroatoms. The second kappa shape index (κ2) is 10.4. The molecule has 1 atom stereocenters. The van der Waals surface area contributed by atoms with Crippen molar-refractivity contribution in [2.24, 2.45) is 0 Å². The maximum atomic E-state index is 16.6. The van der Waals surface area contributed by atoms with Gasteiger partial charge in [-0.1, -0.05) is 152 Å². The van der Waals surface area contributed by atoms with Crippen molar-refractivity contribution in [1.29, 1.82) is 0 Å². The van der Waals surface area contributed by atoms with E-state index >= 15 is 4.57 Å². The van der Waals surface area contributed by atoms with Crippen LogP contribution in [0.3, 0.4) is 0 Å². The molecule has 4 nitrogen and oxygen atoms in total. The van der Waals surface area contributed by atoms with Crippen molar-refractivity contribution in [2.75, 3.05) is 0 Å². The van der Waals surface area contributed by atoms with E-state index < -0.39 is 7.14 Å². The lowest BCUT2D eigenvalue weighted by Gasteiger charge is -2.22. The van der Waals surface area contributed by atoms with E-state index in [2.05, 4.69) is 66.7 Å². The Labute approximate surface area is 266 Å². The number of hydrogen-bond donors (Lipinski definition) is 0. The highest BCUT2D eigenvalue weighted by molar-refractivity contribution is 7.85. The van der Waals surface area contributed by atoms with Crippen LogP contribution < -0.4 is 16.2 Å². The first-order chi connectivity index (χ1) is 22.7. The Kier molecular flexibility index (Phi) is 6.06. The topological polar surface area (TPSA) is 55.7 Å². The van der Waals surface area contributed by atoms with E-state index in [4.69, 9.17) is 15.0 Å². The van der Waals surface area contributed by atoms with Crippen molar-refractivity contribution in [3.63, 3.8) is 0 Å². The standard InChI is InChI=1S/C41H26N3OP/c45-46(41-43-39(29-15-3-1-4-16-29)42-40(44-41)30-17-5-2-6-18-30)35-22-12-11-21-33(35)34-25-23-27-13-7-9-19-31(27)37(34)38-32-20-10-8-14-28(32)24-26-36(38)46/h1-26H. The predicted octanol–water partition coefficient (Wildman–Crippen LogP) is 8.80. The Morgan fingerprint density at radius 3 is 1.57 bits per heavy atom. The SMILES string of the molecule is O=P1(c2nc(-c3ccccc3)nc(-c3ccccc3)n2)c2ccccc2-c2ccc3ccccc3c2-c2c1ccc1ccccc21. The van der Waals surface area contributed by atoms with E-state index in [1.54, 1.807) is 0 Å². The quantitative estimate of drug-likeness (QED) is 0.188. The number of rotatable bonds is 3. The molecule has 0 saturated heterocycles. The summed E-state index contributed by atoms with van der Waals surface area (Å²) in [7, 11) is -3.71. The van der Waals surface area contributed by atoms with Gasteiger partial charge in [0.1, 0.15) is 0 Å². The minimum Gasteiger partial charge on any atom is -0.305 e. The van der Waals surface area contributed by atoms with Crippen LogP contribution in [0.15, 0.2) is 158 Å². The van der Waals surface area contributed by atoms with Crippen LogP contribution in [0.25, 0.3) is 66.6 Å². The van der Waals surface area contributed by atoms with Crippen molar-refractivity contribution in [1.82, 2.24) is 15.0 Å². The second-order valence-corrected chi connectivity index (χ2v) is 14.1. The van der Waals surface area contributed by atoms with Crippen LogP contribution in [-0.4, -0.2) is 15.0 Å². The average molecular weight is 608 g/mol. The molecule has 0 bridgehead atoms. The maximum absolute atomic E-state index is 16.6. The van der Waals surface area contributed by atoms with Crippen LogP contribution in [0.2, 0.25) is 0 Å². The van der Waals surface area contributed by atoms with E-state index in [1.165, 1.54) is 0 Å². The Morgan fingerprint density at radius 1 is 0.391 bits per heavy atom. The van der Waals surface area contributed by atoms with Gasteiger partial charge in [0.2, 0.25) is 12.7 Å². The van der Waals surface area contributed by atoms with E-state index in [0.717, 1.165) is 65.5 Å². The summed E-state index contributed by atoms with van der Waals surface area (Å²) < 4.78 is 16.6. The Balaban J connectivity index is 1.47. The molecule has 0 fully saturated rings. The Hall–Kier alpha value is -5.70. The van der Waals surface area contributed by atoms with Crippen molar-refractivity contribution in [3.8, 4) is 45.0 Å². The highest BCUT2D eigenvalue weighted by Crippen LogP contribution is 2.54. The number of nitrogens with zero attached hydrogens (tertiary/aromatic N) is 3. The predicted molar refractivity (Wildman–Crippen MR) is 190 cm³/mol. The zero-order valence-corrected chi connectivity index (χ0v) is 25.6. The Bertz CT molecular complexity index is 2450. The van der Waals surface area contributed by atoms with E-state index in [-0.39, 0.29) is 5.57 Å². The number of aromatic nitrogens is 3. The number of fused-ring (bicyclic) bond motifs is 9. The molecular weight excluding hydrogens is 581 g/mol. The maximum Gasteiger partial charge on any atom is 0.208 e. The van der Waals surface area contributed by atoms with Gasteiger partial charge in [0.15, 0.2) is 11.6 Å². The average Bonchev–Trinajstić information content (AvgIpc) is 3.23. The van der Waals surface area contributed by atoms with Crippen molar-refractivity contribution in [3.05, 3.63) is 158 Å². The third-order valence-electron chi connectivity index (χ3n) is 8.93. The van der Waals surface area contributed by atoms with Crippen LogP contribution in [0.1, 0.15) is 0 Å². The number of hydrogen-bond acceptors (Lipinski definition) is 4. The highest BCUT2D eigenvalue weighted by Gasteiger charge is 2.41. The normalized spacial score (nSPS) is 15.1. The molecule has 0 radical (unpaired) electrons. The minimum atomic E-state index is -3.71. The first-order valence-corrected chi connectivity index (χ1v) is 17.0. The molecule has 0 aliphatic carbocycles. The lowest BCUT2D eigenvalue weighted by atomic mass is 9.87.